The molecule has 0 aliphatic rings. The quantitative estimate of drug-likeness (QED) is 0.655. The van der Waals surface area contributed by atoms with Crippen LogP contribution in [-0.2, 0) is 0 Å². The third kappa shape index (κ3) is 2.76. The van der Waals surface area contributed by atoms with Crippen molar-refractivity contribution in [3.05, 3.63) is 57.8 Å². The van der Waals surface area contributed by atoms with Gasteiger partial charge in [0.1, 0.15) is 5.82 Å². The highest BCUT2D eigenvalue weighted by Crippen LogP contribution is 2.27. The van der Waals surface area contributed by atoms with E-state index in [0.717, 1.165) is 26.6 Å². The van der Waals surface area contributed by atoms with Crippen molar-refractivity contribution in [3.8, 4) is 0 Å². The second-order valence-electron chi connectivity index (χ2n) is 4.50. The Balaban J connectivity index is 2.10. The largest absolute Gasteiger partial charge is 0.340 e. The minimum atomic E-state index is 0.234. The van der Waals surface area contributed by atoms with Crippen LogP contribution in [0.4, 0.5) is 11.5 Å². The molecule has 3 aromatic rings. The van der Waals surface area contributed by atoms with Crippen LogP contribution in [0.2, 0.25) is 5.28 Å². The molecule has 3 nitrogen and oxygen atoms in total. The number of hydrogen-bond acceptors (Lipinski definition) is 3. The zero-order valence-electron chi connectivity index (χ0n) is 10.7. The molecule has 2 aromatic carbocycles. The van der Waals surface area contributed by atoms with Crippen molar-refractivity contribution >= 4 is 49.9 Å². The van der Waals surface area contributed by atoms with E-state index in [-0.39, 0.29) is 5.28 Å². The van der Waals surface area contributed by atoms with E-state index in [1.165, 1.54) is 0 Å². The number of fused-ring (bicyclic) bond motifs is 1. The zero-order chi connectivity index (χ0) is 14.1. The normalized spacial score (nSPS) is 10.8. The third-order valence-corrected chi connectivity index (χ3v) is 3.51. The number of rotatable bonds is 2. The van der Waals surface area contributed by atoms with Gasteiger partial charge < -0.3 is 5.32 Å². The molecule has 0 radical (unpaired) electrons. The van der Waals surface area contributed by atoms with Crippen molar-refractivity contribution in [2.24, 2.45) is 0 Å². The van der Waals surface area contributed by atoms with Crippen molar-refractivity contribution in [1.29, 1.82) is 0 Å². The second-order valence-corrected chi connectivity index (χ2v) is 5.75. The minimum Gasteiger partial charge on any atom is -0.340 e. The molecule has 1 heterocycles. The second kappa shape index (κ2) is 5.38. The lowest BCUT2D eigenvalue weighted by atomic mass is 10.2. The molecule has 1 aromatic heterocycles. The van der Waals surface area contributed by atoms with Gasteiger partial charge in [-0.2, -0.15) is 4.98 Å². The molecule has 1 N–H and O–H groups in total. The van der Waals surface area contributed by atoms with Crippen LogP contribution in [0.25, 0.3) is 10.9 Å². The summed E-state index contributed by atoms with van der Waals surface area (Å²) in [5.41, 5.74) is 2.94. The molecule has 100 valence electrons. The fourth-order valence-corrected chi connectivity index (χ4v) is 2.87. The van der Waals surface area contributed by atoms with Crippen LogP contribution in [0.3, 0.4) is 0 Å². The van der Waals surface area contributed by atoms with Gasteiger partial charge in [0.15, 0.2) is 0 Å². The average Bonchev–Trinajstić information content (AvgIpc) is 2.37. The first kappa shape index (κ1) is 13.3. The Morgan fingerprint density at radius 3 is 2.70 bits per heavy atom. The van der Waals surface area contributed by atoms with Crippen LogP contribution in [0.15, 0.2) is 46.9 Å². The summed E-state index contributed by atoms with van der Waals surface area (Å²) in [6.07, 6.45) is 0. The van der Waals surface area contributed by atoms with Gasteiger partial charge in [0.25, 0.3) is 0 Å². The summed E-state index contributed by atoms with van der Waals surface area (Å²) in [4.78, 5) is 8.50. The summed E-state index contributed by atoms with van der Waals surface area (Å²) in [5, 5.41) is 4.48. The molecule has 0 atom stereocenters. The molecule has 0 bridgehead atoms. The van der Waals surface area contributed by atoms with E-state index < -0.39 is 0 Å². The van der Waals surface area contributed by atoms with Crippen LogP contribution < -0.4 is 5.32 Å². The van der Waals surface area contributed by atoms with Gasteiger partial charge in [0, 0.05) is 15.5 Å². The number of nitrogens with one attached hydrogen (secondary N) is 1. The maximum absolute atomic E-state index is 5.98. The minimum absolute atomic E-state index is 0.234. The molecule has 0 spiro atoms. The van der Waals surface area contributed by atoms with Crippen LogP contribution >= 0.6 is 27.5 Å². The molecule has 0 aliphatic carbocycles. The van der Waals surface area contributed by atoms with Crippen LogP contribution in [0.1, 0.15) is 5.56 Å². The molecule has 0 saturated carbocycles. The van der Waals surface area contributed by atoms with Gasteiger partial charge in [-0.05, 0) is 54.4 Å². The first-order valence-corrected chi connectivity index (χ1v) is 7.25. The molecule has 0 amide bonds. The van der Waals surface area contributed by atoms with E-state index in [1.54, 1.807) is 0 Å². The van der Waals surface area contributed by atoms with Gasteiger partial charge in [-0.1, -0.05) is 28.1 Å². The molecule has 0 aliphatic heterocycles. The summed E-state index contributed by atoms with van der Waals surface area (Å²) in [5.74, 6) is 0.707. The lowest BCUT2D eigenvalue weighted by Crippen LogP contribution is -1.97. The summed E-state index contributed by atoms with van der Waals surface area (Å²) in [7, 11) is 0. The maximum atomic E-state index is 5.98. The number of nitrogens with zero attached hydrogens (tertiary/aromatic N) is 2. The molecular weight excluding hydrogens is 338 g/mol. The molecule has 3 rings (SSSR count). The zero-order valence-corrected chi connectivity index (χ0v) is 13.0. The number of hydrogen-bond donors (Lipinski definition) is 1. The lowest BCUT2D eigenvalue weighted by Gasteiger charge is -2.10. The van der Waals surface area contributed by atoms with Gasteiger partial charge in [-0.25, -0.2) is 4.98 Å². The monoisotopic (exact) mass is 347 g/mol. The molecule has 0 fully saturated rings. The maximum Gasteiger partial charge on any atom is 0.224 e. The number of para-hydroxylation sites is 1. The topological polar surface area (TPSA) is 37.8 Å². The van der Waals surface area contributed by atoms with Gasteiger partial charge >= 0.3 is 0 Å². The van der Waals surface area contributed by atoms with Gasteiger partial charge in [0.2, 0.25) is 5.28 Å². The number of aromatic nitrogens is 2. The summed E-state index contributed by atoms with van der Waals surface area (Å²) < 4.78 is 1.02. The third-order valence-electron chi connectivity index (χ3n) is 2.88. The van der Waals surface area contributed by atoms with E-state index in [2.05, 4.69) is 43.3 Å². The fourth-order valence-electron chi connectivity index (χ4n) is 2.09. The summed E-state index contributed by atoms with van der Waals surface area (Å²) in [6, 6.07) is 13.9. The molecule has 20 heavy (non-hydrogen) atoms. The Morgan fingerprint density at radius 2 is 1.90 bits per heavy atom. The number of aryl methyl sites for hydroxylation is 1. The van der Waals surface area contributed by atoms with E-state index in [9.17, 15) is 0 Å². The number of anilines is 2. The highest BCUT2D eigenvalue weighted by molar-refractivity contribution is 9.10. The molecule has 5 heteroatoms. The molecular formula is C15H11BrClN3. The predicted molar refractivity (Wildman–Crippen MR) is 86.7 cm³/mol. The highest BCUT2D eigenvalue weighted by Gasteiger charge is 2.07. The first-order chi connectivity index (χ1) is 9.61. The van der Waals surface area contributed by atoms with Crippen molar-refractivity contribution in [3.63, 3.8) is 0 Å². The van der Waals surface area contributed by atoms with Crippen molar-refractivity contribution in [2.75, 3.05) is 5.32 Å². The van der Waals surface area contributed by atoms with Crippen LogP contribution in [0.5, 0.6) is 0 Å². The Labute approximate surface area is 130 Å². The van der Waals surface area contributed by atoms with Gasteiger partial charge in [0.05, 0.1) is 5.52 Å². The molecule has 0 saturated heterocycles. The van der Waals surface area contributed by atoms with E-state index >= 15 is 0 Å². The van der Waals surface area contributed by atoms with E-state index in [4.69, 9.17) is 11.6 Å². The van der Waals surface area contributed by atoms with Crippen molar-refractivity contribution in [2.45, 2.75) is 6.92 Å². The Hall–Kier alpha value is -1.65. The Morgan fingerprint density at radius 1 is 1.10 bits per heavy atom. The van der Waals surface area contributed by atoms with Crippen molar-refractivity contribution < 1.29 is 0 Å². The van der Waals surface area contributed by atoms with Crippen LogP contribution in [-0.4, -0.2) is 9.97 Å². The number of benzene rings is 2. The standard InChI is InChI=1S/C15H11BrClN3/c1-9-6-10(16)8-11(7-9)18-14-12-4-2-3-5-13(12)19-15(17)20-14/h2-8H,1H3,(H,18,19,20). The number of halogens is 2. The van der Waals surface area contributed by atoms with Crippen molar-refractivity contribution in [1.82, 2.24) is 9.97 Å². The highest BCUT2D eigenvalue weighted by atomic mass is 79.9. The Kier molecular flexibility index (Phi) is 3.59. The fraction of sp³-hybridized carbons (Fsp3) is 0.0667. The van der Waals surface area contributed by atoms with Gasteiger partial charge in [-0.15, -0.1) is 0 Å². The summed E-state index contributed by atoms with van der Waals surface area (Å²) >= 11 is 9.47. The smallest absolute Gasteiger partial charge is 0.224 e. The average molecular weight is 349 g/mol. The van der Waals surface area contributed by atoms with E-state index in [1.807, 2.05) is 37.3 Å². The Bertz CT molecular complexity index is 769. The molecule has 0 unspecified atom stereocenters. The van der Waals surface area contributed by atoms with Gasteiger partial charge in [-0.3, -0.25) is 0 Å². The van der Waals surface area contributed by atoms with Crippen LogP contribution in [0, 0.1) is 6.92 Å². The lowest BCUT2D eigenvalue weighted by molar-refractivity contribution is 1.22. The summed E-state index contributed by atoms with van der Waals surface area (Å²) in [6.45, 7) is 2.04. The first-order valence-electron chi connectivity index (χ1n) is 6.08. The SMILES string of the molecule is Cc1cc(Br)cc(Nc2nc(Cl)nc3ccccc23)c1. The van der Waals surface area contributed by atoms with E-state index in [0.29, 0.717) is 5.82 Å². The predicted octanol–water partition coefficient (Wildman–Crippen LogP) is 5.10.